The summed E-state index contributed by atoms with van der Waals surface area (Å²) in [5, 5.41) is 3.07. The second kappa shape index (κ2) is 10.1. The molecule has 0 unspecified atom stereocenters. The number of amides is 1. The molecule has 0 saturated heterocycles. The van der Waals surface area contributed by atoms with Crippen molar-refractivity contribution in [3.8, 4) is 11.5 Å². The second-order valence-corrected chi connectivity index (χ2v) is 9.17. The fourth-order valence-corrected chi connectivity index (χ4v) is 4.52. The Morgan fingerprint density at radius 2 is 1.70 bits per heavy atom. The fourth-order valence-electron chi connectivity index (χ4n) is 3.62. The lowest BCUT2D eigenvalue weighted by molar-refractivity contribution is 0.102. The quantitative estimate of drug-likeness (QED) is 0.295. The number of hydrogen-bond donors (Lipinski definition) is 1. The van der Waals surface area contributed by atoms with Gasteiger partial charge in [0.2, 0.25) is 5.89 Å². The van der Waals surface area contributed by atoms with Gasteiger partial charge in [-0.2, -0.15) is 0 Å². The normalized spacial score (nSPS) is 10.9. The number of para-hydroxylation sites is 1. The maximum absolute atomic E-state index is 12.8. The van der Waals surface area contributed by atoms with Crippen molar-refractivity contribution >= 4 is 23.4 Å². The molecule has 0 aliphatic rings. The van der Waals surface area contributed by atoms with Crippen molar-refractivity contribution in [2.45, 2.75) is 44.8 Å². The molecule has 33 heavy (non-hydrogen) atoms. The van der Waals surface area contributed by atoms with E-state index in [1.54, 1.807) is 11.8 Å². The largest absolute Gasteiger partial charge is 0.441 e. The van der Waals surface area contributed by atoms with Gasteiger partial charge in [0.15, 0.2) is 0 Å². The van der Waals surface area contributed by atoms with Gasteiger partial charge < -0.3 is 9.73 Å². The summed E-state index contributed by atoms with van der Waals surface area (Å²) in [4.78, 5) is 18.7. The van der Waals surface area contributed by atoms with Gasteiger partial charge in [-0.15, -0.1) is 11.8 Å². The molecule has 0 aliphatic heterocycles. The van der Waals surface area contributed by atoms with E-state index < -0.39 is 0 Å². The first-order chi connectivity index (χ1) is 15.9. The molecule has 0 aliphatic carbocycles. The van der Waals surface area contributed by atoms with Crippen LogP contribution in [0.3, 0.4) is 0 Å². The van der Waals surface area contributed by atoms with E-state index in [4.69, 9.17) is 9.40 Å². The number of aryl methyl sites for hydroxylation is 4. The van der Waals surface area contributed by atoms with E-state index in [9.17, 15) is 4.79 Å². The van der Waals surface area contributed by atoms with Crippen LogP contribution in [-0.2, 0) is 12.2 Å². The third-order valence-electron chi connectivity index (χ3n) is 5.66. The van der Waals surface area contributed by atoms with E-state index in [-0.39, 0.29) is 5.91 Å². The summed E-state index contributed by atoms with van der Waals surface area (Å²) in [7, 11) is 0. The van der Waals surface area contributed by atoms with Crippen molar-refractivity contribution in [3.63, 3.8) is 0 Å². The lowest BCUT2D eigenvalue weighted by Crippen LogP contribution is -2.14. The zero-order valence-corrected chi connectivity index (χ0v) is 20.3. The highest BCUT2D eigenvalue weighted by atomic mass is 32.2. The Balaban J connectivity index is 1.45. The Morgan fingerprint density at radius 3 is 2.39 bits per heavy atom. The van der Waals surface area contributed by atoms with Gasteiger partial charge >= 0.3 is 0 Å². The molecule has 5 heteroatoms. The summed E-state index contributed by atoms with van der Waals surface area (Å²) in [6.07, 6.45) is 0.865. The van der Waals surface area contributed by atoms with Crippen molar-refractivity contribution in [3.05, 3.63) is 100 Å². The molecule has 1 N–H and O–H groups in total. The van der Waals surface area contributed by atoms with Crippen LogP contribution in [0, 0.1) is 20.8 Å². The highest BCUT2D eigenvalue weighted by Gasteiger charge is 2.14. The van der Waals surface area contributed by atoms with Crippen molar-refractivity contribution in [2.75, 3.05) is 5.32 Å². The van der Waals surface area contributed by atoms with E-state index in [2.05, 4.69) is 43.4 Å². The summed E-state index contributed by atoms with van der Waals surface area (Å²) in [6.45, 7) is 8.13. The molecule has 0 atom stereocenters. The van der Waals surface area contributed by atoms with Gasteiger partial charge in [-0.25, -0.2) is 4.98 Å². The predicted molar refractivity (Wildman–Crippen MR) is 136 cm³/mol. The molecule has 4 nitrogen and oxygen atoms in total. The highest BCUT2D eigenvalue weighted by Crippen LogP contribution is 2.28. The molecule has 4 aromatic rings. The zero-order chi connectivity index (χ0) is 23.4. The van der Waals surface area contributed by atoms with Crippen LogP contribution in [0.5, 0.6) is 0 Å². The minimum absolute atomic E-state index is 0.121. The summed E-state index contributed by atoms with van der Waals surface area (Å²) in [5.41, 5.74) is 6.73. The van der Waals surface area contributed by atoms with Gasteiger partial charge in [0.05, 0.1) is 5.69 Å². The van der Waals surface area contributed by atoms with Crippen molar-refractivity contribution in [2.24, 2.45) is 0 Å². The number of rotatable bonds is 7. The van der Waals surface area contributed by atoms with Crippen LogP contribution in [0.25, 0.3) is 11.5 Å². The van der Waals surface area contributed by atoms with E-state index in [0.717, 1.165) is 46.0 Å². The van der Waals surface area contributed by atoms with Crippen LogP contribution in [-0.4, -0.2) is 10.9 Å². The molecule has 1 aromatic heterocycles. The Morgan fingerprint density at radius 1 is 0.970 bits per heavy atom. The lowest BCUT2D eigenvalue weighted by Gasteiger charge is -2.13. The first kappa shape index (κ1) is 22.9. The first-order valence-corrected chi connectivity index (χ1v) is 12.1. The average molecular weight is 457 g/mol. The maximum atomic E-state index is 12.8. The molecule has 0 saturated carbocycles. The first-order valence-electron chi connectivity index (χ1n) is 11.1. The van der Waals surface area contributed by atoms with Crippen LogP contribution < -0.4 is 5.32 Å². The topological polar surface area (TPSA) is 55.1 Å². The smallest absolute Gasteiger partial charge is 0.255 e. The highest BCUT2D eigenvalue weighted by molar-refractivity contribution is 7.98. The number of anilines is 1. The van der Waals surface area contributed by atoms with Crippen LogP contribution in [0.2, 0.25) is 0 Å². The van der Waals surface area contributed by atoms with Gasteiger partial charge in [-0.3, -0.25) is 4.79 Å². The number of aromatic nitrogens is 1. The number of nitrogens with one attached hydrogen (secondary N) is 1. The average Bonchev–Trinajstić information content (AvgIpc) is 3.20. The number of nitrogens with zero attached hydrogens (tertiary/aromatic N) is 1. The molecule has 0 bridgehead atoms. The Kier molecular flexibility index (Phi) is 6.99. The van der Waals surface area contributed by atoms with Crippen molar-refractivity contribution < 1.29 is 9.21 Å². The SMILES string of the molecule is CCc1cccc(C)c1NC(=O)c1ccc(-c2nc(CSc3ccc(C)cc3)c(C)o2)cc1. The summed E-state index contributed by atoms with van der Waals surface area (Å²) < 4.78 is 5.93. The minimum Gasteiger partial charge on any atom is -0.441 e. The number of carbonyl (C=O) groups excluding carboxylic acids is 1. The van der Waals surface area contributed by atoms with E-state index >= 15 is 0 Å². The van der Waals surface area contributed by atoms with E-state index in [0.29, 0.717) is 11.5 Å². The molecule has 0 radical (unpaired) electrons. The summed E-state index contributed by atoms with van der Waals surface area (Å²) in [5.74, 6) is 2.02. The molecule has 1 amide bonds. The maximum Gasteiger partial charge on any atom is 0.255 e. The molecule has 0 spiro atoms. The number of carbonyl (C=O) groups is 1. The molecule has 168 valence electrons. The van der Waals surface area contributed by atoms with Crippen LogP contribution in [0.1, 0.15) is 45.4 Å². The molecule has 0 fully saturated rings. The minimum atomic E-state index is -0.121. The van der Waals surface area contributed by atoms with Gasteiger partial charge in [-0.1, -0.05) is 42.8 Å². The van der Waals surface area contributed by atoms with Crippen LogP contribution >= 0.6 is 11.8 Å². The van der Waals surface area contributed by atoms with Gasteiger partial charge in [0.1, 0.15) is 5.76 Å². The van der Waals surface area contributed by atoms with Crippen molar-refractivity contribution in [1.29, 1.82) is 0 Å². The van der Waals surface area contributed by atoms with Crippen LogP contribution in [0.15, 0.2) is 76.0 Å². The summed E-state index contributed by atoms with van der Waals surface area (Å²) in [6, 6.07) is 22.0. The van der Waals surface area contributed by atoms with Crippen molar-refractivity contribution in [1.82, 2.24) is 4.98 Å². The fraction of sp³-hybridized carbons (Fsp3) is 0.214. The monoisotopic (exact) mass is 456 g/mol. The van der Waals surface area contributed by atoms with Gasteiger partial charge in [-0.05, 0) is 74.7 Å². The molecule has 3 aromatic carbocycles. The molecule has 1 heterocycles. The number of benzene rings is 3. The molecule has 4 rings (SSSR count). The van der Waals surface area contributed by atoms with E-state index in [1.165, 1.54) is 10.5 Å². The third kappa shape index (κ3) is 5.37. The predicted octanol–water partition coefficient (Wildman–Crippen LogP) is 7.37. The Labute approximate surface area is 199 Å². The van der Waals surface area contributed by atoms with Gasteiger partial charge in [0, 0.05) is 27.5 Å². The Hall–Kier alpha value is -3.31. The Bertz CT molecular complexity index is 1260. The van der Waals surface area contributed by atoms with Gasteiger partial charge in [0.25, 0.3) is 5.91 Å². The number of hydrogen-bond acceptors (Lipinski definition) is 4. The zero-order valence-electron chi connectivity index (χ0n) is 19.4. The number of oxazole rings is 1. The van der Waals surface area contributed by atoms with E-state index in [1.807, 2.05) is 56.3 Å². The standard InChI is InChI=1S/C28H28N2O2S/c1-5-21-8-6-7-19(3)26(21)30-27(31)22-11-13-23(14-12-22)28-29-25(20(4)32-28)17-33-24-15-9-18(2)10-16-24/h6-16H,5,17H2,1-4H3,(H,30,31). The summed E-state index contributed by atoms with van der Waals surface area (Å²) >= 11 is 1.74. The molecular weight excluding hydrogens is 428 g/mol. The second-order valence-electron chi connectivity index (χ2n) is 8.12. The van der Waals surface area contributed by atoms with Crippen LogP contribution in [0.4, 0.5) is 5.69 Å². The number of thioether (sulfide) groups is 1. The lowest BCUT2D eigenvalue weighted by atomic mass is 10.0. The third-order valence-corrected chi connectivity index (χ3v) is 6.69. The molecular formula is C28H28N2O2S.